The zero-order valence-corrected chi connectivity index (χ0v) is 12.4. The first-order valence-corrected chi connectivity index (χ1v) is 6.99. The summed E-state index contributed by atoms with van der Waals surface area (Å²) in [5, 5.41) is 14.7. The molecule has 0 saturated heterocycles. The fourth-order valence-electron chi connectivity index (χ4n) is 1.66. The van der Waals surface area contributed by atoms with E-state index in [1.54, 1.807) is 12.5 Å². The molecule has 0 amide bonds. The highest BCUT2D eigenvalue weighted by atomic mass is 35.5. The predicted octanol–water partition coefficient (Wildman–Crippen LogP) is 2.18. The third kappa shape index (κ3) is 3.57. The van der Waals surface area contributed by atoms with Gasteiger partial charge in [0.15, 0.2) is 11.6 Å². The molecule has 0 saturated carbocycles. The van der Waals surface area contributed by atoms with Gasteiger partial charge < -0.3 is 15.2 Å². The number of aryl methyl sites for hydroxylation is 1. The number of nitrogens with zero attached hydrogens (tertiary/aromatic N) is 5. The van der Waals surface area contributed by atoms with Crippen LogP contribution in [0.2, 0.25) is 5.02 Å². The third-order valence-electron chi connectivity index (χ3n) is 2.73. The van der Waals surface area contributed by atoms with Crippen LogP contribution in [0.25, 0.3) is 0 Å². The van der Waals surface area contributed by atoms with E-state index < -0.39 is 0 Å². The molecule has 108 valence electrons. The van der Waals surface area contributed by atoms with Crippen molar-refractivity contribution in [2.24, 2.45) is 0 Å². The molecule has 8 heteroatoms. The minimum absolute atomic E-state index is 0.481. The first-order chi connectivity index (χ1) is 9.74. The second-order valence-electron chi connectivity index (χ2n) is 4.20. The quantitative estimate of drug-likeness (QED) is 0.815. The lowest BCUT2D eigenvalue weighted by Crippen LogP contribution is -2.11. The normalized spacial score (nSPS) is 10.6. The minimum Gasteiger partial charge on any atom is -0.361 e. The van der Waals surface area contributed by atoms with Crippen LogP contribution in [0, 0.1) is 0 Å². The van der Waals surface area contributed by atoms with Crippen molar-refractivity contribution in [1.29, 1.82) is 0 Å². The zero-order chi connectivity index (χ0) is 14.4. The number of rotatable bonds is 7. The Kier molecular flexibility index (Phi) is 5.11. The highest BCUT2D eigenvalue weighted by Crippen LogP contribution is 2.19. The van der Waals surface area contributed by atoms with E-state index in [4.69, 9.17) is 11.6 Å². The number of halogens is 1. The van der Waals surface area contributed by atoms with Gasteiger partial charge in [-0.25, -0.2) is 4.98 Å². The monoisotopic (exact) mass is 295 g/mol. The van der Waals surface area contributed by atoms with Crippen molar-refractivity contribution in [3.05, 3.63) is 23.4 Å². The maximum atomic E-state index is 6.09. The summed E-state index contributed by atoms with van der Waals surface area (Å²) < 4.78 is 1.96. The molecule has 0 radical (unpaired) electrons. The molecule has 2 aromatic heterocycles. The summed E-state index contributed by atoms with van der Waals surface area (Å²) in [4.78, 5) is 8.47. The summed E-state index contributed by atoms with van der Waals surface area (Å²) in [6.07, 6.45) is 4.29. The molecule has 7 nitrogen and oxygen atoms in total. The van der Waals surface area contributed by atoms with Crippen LogP contribution in [-0.2, 0) is 13.1 Å². The zero-order valence-electron chi connectivity index (χ0n) is 11.6. The van der Waals surface area contributed by atoms with E-state index in [2.05, 4.69) is 37.7 Å². The standard InChI is InChI=1S/C12H18ClN7/c1-3-5-14-12-16-6-9(13)11(18-12)15-7-10-19-17-8-20(10)4-2/h6,8H,3-5,7H2,1-2H3,(H2,14,15,16,18). The van der Waals surface area contributed by atoms with Gasteiger partial charge in [0, 0.05) is 13.1 Å². The molecule has 0 bridgehead atoms. The summed E-state index contributed by atoms with van der Waals surface area (Å²) in [5.74, 6) is 1.99. The van der Waals surface area contributed by atoms with E-state index in [0.29, 0.717) is 23.3 Å². The Bertz CT molecular complexity index is 554. The van der Waals surface area contributed by atoms with Crippen LogP contribution >= 0.6 is 11.6 Å². The van der Waals surface area contributed by atoms with Crippen molar-refractivity contribution in [1.82, 2.24) is 24.7 Å². The van der Waals surface area contributed by atoms with Crippen LogP contribution in [0.15, 0.2) is 12.5 Å². The second-order valence-corrected chi connectivity index (χ2v) is 4.61. The number of aromatic nitrogens is 5. The highest BCUT2D eigenvalue weighted by Gasteiger charge is 2.07. The average Bonchev–Trinajstić information content (AvgIpc) is 2.92. The van der Waals surface area contributed by atoms with E-state index in [-0.39, 0.29) is 0 Å². The van der Waals surface area contributed by atoms with Gasteiger partial charge in [0.05, 0.1) is 12.7 Å². The van der Waals surface area contributed by atoms with Crippen LogP contribution in [0.3, 0.4) is 0 Å². The van der Waals surface area contributed by atoms with Crippen LogP contribution in [-0.4, -0.2) is 31.3 Å². The largest absolute Gasteiger partial charge is 0.361 e. The minimum atomic E-state index is 0.481. The van der Waals surface area contributed by atoms with Crippen LogP contribution in [0.1, 0.15) is 26.1 Å². The Labute approximate surface area is 122 Å². The predicted molar refractivity (Wildman–Crippen MR) is 78.8 cm³/mol. The summed E-state index contributed by atoms with van der Waals surface area (Å²) in [7, 11) is 0. The average molecular weight is 296 g/mol. The number of hydrogen-bond acceptors (Lipinski definition) is 6. The van der Waals surface area contributed by atoms with E-state index in [1.807, 2.05) is 11.5 Å². The molecule has 2 heterocycles. The van der Waals surface area contributed by atoms with Gasteiger partial charge >= 0.3 is 0 Å². The lowest BCUT2D eigenvalue weighted by molar-refractivity contribution is 0.707. The van der Waals surface area contributed by atoms with Gasteiger partial charge in [-0.05, 0) is 13.3 Å². The molecule has 0 aliphatic carbocycles. The summed E-state index contributed by atoms with van der Waals surface area (Å²) in [6, 6.07) is 0. The topological polar surface area (TPSA) is 80.5 Å². The van der Waals surface area contributed by atoms with Crippen molar-refractivity contribution in [2.75, 3.05) is 17.2 Å². The number of nitrogens with one attached hydrogen (secondary N) is 2. The van der Waals surface area contributed by atoms with E-state index in [1.165, 1.54) is 0 Å². The smallest absolute Gasteiger partial charge is 0.224 e. The van der Waals surface area contributed by atoms with Crippen molar-refractivity contribution in [3.63, 3.8) is 0 Å². The van der Waals surface area contributed by atoms with E-state index >= 15 is 0 Å². The molecular weight excluding hydrogens is 278 g/mol. The Hall–Kier alpha value is -1.89. The lowest BCUT2D eigenvalue weighted by atomic mass is 10.5. The SMILES string of the molecule is CCCNc1ncc(Cl)c(NCc2nncn2CC)n1. The molecule has 0 fully saturated rings. The first-order valence-electron chi connectivity index (χ1n) is 6.61. The van der Waals surface area contributed by atoms with E-state index in [9.17, 15) is 0 Å². The highest BCUT2D eigenvalue weighted by molar-refractivity contribution is 6.32. The Morgan fingerprint density at radius 1 is 1.30 bits per heavy atom. The van der Waals surface area contributed by atoms with Gasteiger partial charge in [-0.15, -0.1) is 10.2 Å². The van der Waals surface area contributed by atoms with Crippen molar-refractivity contribution < 1.29 is 0 Å². The molecule has 2 N–H and O–H groups in total. The molecule has 0 spiro atoms. The van der Waals surface area contributed by atoms with Crippen LogP contribution in [0.4, 0.5) is 11.8 Å². The molecule has 20 heavy (non-hydrogen) atoms. The number of anilines is 2. The Morgan fingerprint density at radius 2 is 2.15 bits per heavy atom. The molecule has 0 aliphatic heterocycles. The van der Waals surface area contributed by atoms with Gasteiger partial charge in [0.2, 0.25) is 5.95 Å². The molecule has 0 aromatic carbocycles. The van der Waals surface area contributed by atoms with Gasteiger partial charge in [-0.3, -0.25) is 0 Å². The second kappa shape index (κ2) is 7.04. The summed E-state index contributed by atoms with van der Waals surface area (Å²) in [5.41, 5.74) is 0. The van der Waals surface area contributed by atoms with Gasteiger partial charge in [0.25, 0.3) is 0 Å². The fraction of sp³-hybridized carbons (Fsp3) is 0.500. The molecular formula is C12H18ClN7. The van der Waals surface area contributed by atoms with Crippen molar-refractivity contribution in [3.8, 4) is 0 Å². The van der Waals surface area contributed by atoms with Gasteiger partial charge in [-0.2, -0.15) is 4.98 Å². The molecule has 0 atom stereocenters. The van der Waals surface area contributed by atoms with Gasteiger partial charge in [0.1, 0.15) is 11.3 Å². The number of hydrogen-bond donors (Lipinski definition) is 2. The molecule has 2 aromatic rings. The Morgan fingerprint density at radius 3 is 2.90 bits per heavy atom. The molecule has 2 rings (SSSR count). The van der Waals surface area contributed by atoms with Gasteiger partial charge in [-0.1, -0.05) is 18.5 Å². The Balaban J connectivity index is 2.04. The fourth-order valence-corrected chi connectivity index (χ4v) is 1.81. The maximum absolute atomic E-state index is 6.09. The lowest BCUT2D eigenvalue weighted by Gasteiger charge is -2.09. The van der Waals surface area contributed by atoms with Crippen molar-refractivity contribution >= 4 is 23.4 Å². The molecule has 0 unspecified atom stereocenters. The van der Waals surface area contributed by atoms with Crippen LogP contribution in [0.5, 0.6) is 0 Å². The maximum Gasteiger partial charge on any atom is 0.224 e. The summed E-state index contributed by atoms with van der Waals surface area (Å²) >= 11 is 6.09. The summed E-state index contributed by atoms with van der Waals surface area (Å²) in [6.45, 7) is 6.28. The van der Waals surface area contributed by atoms with E-state index in [0.717, 1.165) is 25.3 Å². The first kappa shape index (κ1) is 14.5. The van der Waals surface area contributed by atoms with Crippen molar-refractivity contribution in [2.45, 2.75) is 33.4 Å². The third-order valence-corrected chi connectivity index (χ3v) is 3.00. The molecule has 0 aliphatic rings. The van der Waals surface area contributed by atoms with Crippen LogP contribution < -0.4 is 10.6 Å².